The van der Waals surface area contributed by atoms with Crippen LogP contribution in [0.25, 0.3) is 5.08 Å². The smallest absolute Gasteiger partial charge is 0.326 e. The van der Waals surface area contributed by atoms with Crippen LogP contribution in [0.3, 0.4) is 0 Å². The number of nitrogens with two attached hydrogens (primary N) is 1. The number of nitrogens with one attached hydrogen (secondary N) is 1. The second-order valence-corrected chi connectivity index (χ2v) is 5.83. The lowest BCUT2D eigenvalue weighted by atomic mass is 10.3. The largest absolute Gasteiger partial charge is 0.330 e. The van der Waals surface area contributed by atoms with E-state index in [1.54, 1.807) is 0 Å². The highest BCUT2D eigenvalue weighted by Crippen LogP contribution is 2.19. The number of hydrogen-bond donors (Lipinski definition) is 2. The first-order valence-corrected chi connectivity index (χ1v) is 7.31. The van der Waals surface area contributed by atoms with E-state index in [0.717, 1.165) is 0 Å². The summed E-state index contributed by atoms with van der Waals surface area (Å²) < 4.78 is 24.9. The molecule has 3 N–H and O–H groups in total. The molecule has 0 radical (unpaired) electrons. The molecule has 0 atom stereocenters. The number of sulfonamides is 1. The predicted octanol–water partition coefficient (Wildman–Crippen LogP) is 0.753. The molecule has 0 heterocycles. The first-order valence-electron chi connectivity index (χ1n) is 5.87. The minimum absolute atomic E-state index is 0.0111. The Balaban J connectivity index is 2.97. The number of nitrogens with zero attached hydrogens (tertiary/aromatic N) is 3. The van der Waals surface area contributed by atoms with Crippen molar-refractivity contribution in [2.75, 3.05) is 18.4 Å². The van der Waals surface area contributed by atoms with Gasteiger partial charge in [0.25, 0.3) is 5.39 Å². The third-order valence-electron chi connectivity index (χ3n) is 2.40. The molecular weight excluding hydrogens is 282 g/mol. The van der Waals surface area contributed by atoms with Crippen molar-refractivity contribution in [1.82, 2.24) is 4.41 Å². The second-order valence-electron chi connectivity index (χ2n) is 3.99. The minimum atomic E-state index is -3.92. The van der Waals surface area contributed by atoms with Crippen molar-refractivity contribution in [3.05, 3.63) is 29.4 Å². The maximum absolute atomic E-state index is 12.1. The average Bonchev–Trinajstić information content (AvgIpc) is 2.39. The quantitative estimate of drug-likeness (QED) is 0.593. The molecule has 0 unspecified atom stereocenters. The third-order valence-corrected chi connectivity index (χ3v) is 4.08. The molecule has 20 heavy (non-hydrogen) atoms. The first-order chi connectivity index (χ1) is 9.41. The van der Waals surface area contributed by atoms with Gasteiger partial charge in [-0.25, -0.2) is 0 Å². The lowest BCUT2D eigenvalue weighted by Gasteiger charge is -2.07. The standard InChI is InChI=1S/C11H15N5O3S/c1-9(17)14-10-3-5-11(6-4-10)20(18,19)16(15-13)8-2-7-12/h3-6H,2,7-8,12H2,1H3/p+1. The Bertz CT molecular complexity index is 606. The van der Waals surface area contributed by atoms with E-state index < -0.39 is 10.0 Å². The Morgan fingerprint density at radius 2 is 2.00 bits per heavy atom. The molecule has 1 amide bonds. The van der Waals surface area contributed by atoms with Crippen LogP contribution in [-0.4, -0.2) is 31.8 Å². The molecule has 8 nitrogen and oxygen atoms in total. The van der Waals surface area contributed by atoms with E-state index in [1.807, 2.05) is 0 Å². The zero-order chi connectivity index (χ0) is 15.2. The lowest BCUT2D eigenvalue weighted by molar-refractivity contribution is -0.114. The Hall–Kier alpha value is -2.18. The van der Waals surface area contributed by atoms with E-state index in [2.05, 4.69) is 10.4 Å². The van der Waals surface area contributed by atoms with E-state index >= 15 is 0 Å². The van der Waals surface area contributed by atoms with Crippen LogP contribution in [-0.2, 0) is 14.8 Å². The van der Waals surface area contributed by atoms with Crippen molar-refractivity contribution >= 4 is 21.6 Å². The molecule has 1 aromatic carbocycles. The number of amides is 1. The number of rotatable bonds is 6. The van der Waals surface area contributed by atoms with Crippen LogP contribution in [0.4, 0.5) is 5.69 Å². The second kappa shape index (κ2) is 6.83. The molecule has 0 aliphatic rings. The van der Waals surface area contributed by atoms with Crippen LogP contribution in [0.1, 0.15) is 13.3 Å². The van der Waals surface area contributed by atoms with Crippen LogP contribution < -0.4 is 11.1 Å². The molecule has 1 rings (SSSR count). The molecule has 0 aliphatic carbocycles. The topological polar surface area (TPSA) is 121 Å². The summed E-state index contributed by atoms with van der Waals surface area (Å²) in [5, 5.41) is 14.1. The van der Waals surface area contributed by atoms with Gasteiger partial charge in [-0.2, -0.15) is 8.42 Å². The normalized spacial score (nSPS) is 10.7. The number of carbonyl (C=O) groups is 1. The molecule has 0 fully saturated rings. The van der Waals surface area contributed by atoms with Gasteiger partial charge in [-0.15, -0.1) is 0 Å². The van der Waals surface area contributed by atoms with E-state index in [1.165, 1.54) is 31.2 Å². The highest BCUT2D eigenvalue weighted by molar-refractivity contribution is 7.89. The van der Waals surface area contributed by atoms with E-state index in [4.69, 9.17) is 11.1 Å². The number of hydrogen-bond acceptors (Lipinski definition) is 5. The third kappa shape index (κ3) is 3.91. The summed E-state index contributed by atoms with van der Waals surface area (Å²) in [5.41, 5.74) is 5.77. The van der Waals surface area contributed by atoms with Gasteiger partial charge in [-0.1, -0.05) is 0 Å². The minimum Gasteiger partial charge on any atom is -0.330 e. The zero-order valence-electron chi connectivity index (χ0n) is 11.0. The van der Waals surface area contributed by atoms with Gasteiger partial charge in [-0.05, 0) is 37.2 Å². The summed E-state index contributed by atoms with van der Waals surface area (Å²) in [4.78, 5) is 10.8. The van der Waals surface area contributed by atoms with Gasteiger partial charge in [0.2, 0.25) is 5.91 Å². The molecular formula is C11H16N5O3S+. The maximum atomic E-state index is 12.1. The van der Waals surface area contributed by atoms with Crippen molar-refractivity contribution in [2.45, 2.75) is 18.2 Å². The molecule has 0 aromatic heterocycles. The first kappa shape index (κ1) is 15.9. The molecule has 0 saturated carbocycles. The summed E-state index contributed by atoms with van der Waals surface area (Å²) in [6.07, 6.45) is 0.368. The van der Waals surface area contributed by atoms with Crippen LogP contribution in [0.15, 0.2) is 29.2 Å². The van der Waals surface area contributed by atoms with Crippen molar-refractivity contribution < 1.29 is 13.2 Å². The summed E-state index contributed by atoms with van der Waals surface area (Å²) in [6.45, 7) is 1.62. The van der Waals surface area contributed by atoms with Crippen LogP contribution in [0, 0.1) is 5.39 Å². The van der Waals surface area contributed by atoms with Crippen molar-refractivity contribution in [3.8, 4) is 0 Å². The molecule has 0 aliphatic heterocycles. The summed E-state index contributed by atoms with van der Waals surface area (Å²) in [6, 6.07) is 5.54. The van der Waals surface area contributed by atoms with Gasteiger partial charge in [0.15, 0.2) is 0 Å². The fourth-order valence-corrected chi connectivity index (χ4v) is 2.66. The number of diazo groups is 1. The summed E-state index contributed by atoms with van der Waals surface area (Å²) in [5.74, 6) is -0.254. The average molecular weight is 298 g/mol. The highest BCUT2D eigenvalue weighted by atomic mass is 32.2. The lowest BCUT2D eigenvalue weighted by Crippen LogP contribution is -2.27. The van der Waals surface area contributed by atoms with Crippen LogP contribution in [0.5, 0.6) is 0 Å². The molecule has 108 valence electrons. The molecule has 9 heteroatoms. The predicted molar refractivity (Wildman–Crippen MR) is 73.4 cm³/mol. The van der Waals surface area contributed by atoms with Crippen LogP contribution >= 0.6 is 0 Å². The van der Waals surface area contributed by atoms with Gasteiger partial charge in [0.1, 0.15) is 6.54 Å². The van der Waals surface area contributed by atoms with Gasteiger partial charge in [-0.3, -0.25) is 4.79 Å². The Morgan fingerprint density at radius 1 is 1.40 bits per heavy atom. The Morgan fingerprint density at radius 3 is 2.45 bits per heavy atom. The number of anilines is 1. The van der Waals surface area contributed by atoms with Crippen molar-refractivity contribution in [1.29, 1.82) is 5.39 Å². The van der Waals surface area contributed by atoms with Gasteiger partial charge in [0.05, 0.1) is 9.31 Å². The summed E-state index contributed by atoms with van der Waals surface area (Å²) in [7, 11) is -3.92. The van der Waals surface area contributed by atoms with Gasteiger partial charge >= 0.3 is 15.1 Å². The van der Waals surface area contributed by atoms with Crippen molar-refractivity contribution in [3.63, 3.8) is 0 Å². The SMILES string of the molecule is CC(=O)Nc1ccc(S(=O)(=O)N(CCCN)[N+]#N)cc1. The van der Waals surface area contributed by atoms with Crippen LogP contribution in [0.2, 0.25) is 0 Å². The molecule has 0 saturated heterocycles. The van der Waals surface area contributed by atoms with E-state index in [0.29, 0.717) is 16.5 Å². The molecule has 1 aromatic rings. The van der Waals surface area contributed by atoms with Gasteiger partial charge in [0, 0.05) is 12.6 Å². The van der Waals surface area contributed by atoms with Crippen molar-refractivity contribution in [2.24, 2.45) is 5.73 Å². The maximum Gasteiger partial charge on any atom is 0.326 e. The Labute approximate surface area is 117 Å². The highest BCUT2D eigenvalue weighted by Gasteiger charge is 2.32. The number of carbonyl (C=O) groups excluding carboxylic acids is 1. The zero-order valence-corrected chi connectivity index (χ0v) is 11.8. The number of benzene rings is 1. The van der Waals surface area contributed by atoms with E-state index in [9.17, 15) is 13.2 Å². The molecule has 0 bridgehead atoms. The fraction of sp³-hybridized carbons (Fsp3) is 0.364. The fourth-order valence-electron chi connectivity index (χ4n) is 1.47. The summed E-state index contributed by atoms with van der Waals surface area (Å²) >= 11 is 0. The monoisotopic (exact) mass is 298 g/mol. The van der Waals surface area contributed by atoms with Gasteiger partial charge < -0.3 is 11.1 Å². The Kier molecular flexibility index (Phi) is 5.42. The molecule has 0 spiro atoms. The van der Waals surface area contributed by atoms with E-state index in [-0.39, 0.29) is 23.9 Å².